The molecule has 0 aromatic rings. The molecule has 2 fully saturated rings. The molecule has 0 radical (unpaired) electrons. The van der Waals surface area contributed by atoms with Gasteiger partial charge in [0.1, 0.15) is 6.04 Å². The van der Waals surface area contributed by atoms with Crippen LogP contribution in [0.1, 0.15) is 6.92 Å². The van der Waals surface area contributed by atoms with Crippen molar-refractivity contribution in [1.82, 2.24) is 4.90 Å². The van der Waals surface area contributed by atoms with Crippen LogP contribution >= 0.6 is 0 Å². The number of aliphatic hydroxyl groups excluding tert-OH is 1. The van der Waals surface area contributed by atoms with E-state index in [2.05, 4.69) is 4.74 Å². The summed E-state index contributed by atoms with van der Waals surface area (Å²) in [4.78, 5) is 24.0. The Morgan fingerprint density at radius 2 is 2.13 bits per heavy atom. The molecular weight excluding hydrogens is 202 g/mol. The Hall–Kier alpha value is -0.980. The zero-order valence-corrected chi connectivity index (χ0v) is 8.38. The highest BCUT2D eigenvalue weighted by molar-refractivity contribution is 6.00. The minimum atomic E-state index is -1.36. The number of esters is 2. The van der Waals surface area contributed by atoms with E-state index in [1.165, 1.54) is 0 Å². The molecule has 2 aliphatic rings. The normalized spacial score (nSPS) is 38.1. The van der Waals surface area contributed by atoms with Crippen molar-refractivity contribution in [3.63, 3.8) is 0 Å². The van der Waals surface area contributed by atoms with Crippen LogP contribution in [0.2, 0.25) is 0 Å². The molecule has 15 heavy (non-hydrogen) atoms. The monoisotopic (exact) mass is 215 g/mol. The highest BCUT2D eigenvalue weighted by atomic mass is 16.6. The molecule has 0 saturated carbocycles. The van der Waals surface area contributed by atoms with Gasteiger partial charge < -0.3 is 14.6 Å². The van der Waals surface area contributed by atoms with E-state index in [4.69, 9.17) is 4.74 Å². The largest absolute Gasteiger partial charge is 0.390 e. The Balaban J connectivity index is 2.09. The number of rotatable bonds is 1. The molecule has 0 amide bonds. The van der Waals surface area contributed by atoms with Crippen molar-refractivity contribution in [2.45, 2.75) is 25.2 Å². The van der Waals surface area contributed by atoms with Crippen molar-refractivity contribution in [2.24, 2.45) is 0 Å². The molecular formula is C9H13NO5. The molecule has 6 nitrogen and oxygen atoms in total. The molecule has 0 aliphatic carbocycles. The van der Waals surface area contributed by atoms with Gasteiger partial charge in [0, 0.05) is 13.1 Å². The third-order valence-electron chi connectivity index (χ3n) is 2.65. The average molecular weight is 215 g/mol. The van der Waals surface area contributed by atoms with Crippen molar-refractivity contribution in [3.8, 4) is 0 Å². The maximum Gasteiger partial charge on any atom is 0.344 e. The summed E-state index contributed by atoms with van der Waals surface area (Å²) in [5.41, 5.74) is 0. The van der Waals surface area contributed by atoms with Gasteiger partial charge in [0.25, 0.3) is 0 Å². The van der Waals surface area contributed by atoms with E-state index >= 15 is 0 Å². The lowest BCUT2D eigenvalue weighted by Crippen LogP contribution is -2.52. The minimum absolute atomic E-state index is 0.00514. The Bertz CT molecular complexity index is 292. The molecule has 84 valence electrons. The van der Waals surface area contributed by atoms with Crippen LogP contribution in [0.15, 0.2) is 0 Å². The minimum Gasteiger partial charge on any atom is -0.390 e. The first kappa shape index (κ1) is 10.5. The zero-order chi connectivity index (χ0) is 11.0. The van der Waals surface area contributed by atoms with Crippen molar-refractivity contribution >= 4 is 11.9 Å². The maximum absolute atomic E-state index is 11.3. The fourth-order valence-electron chi connectivity index (χ4n) is 1.92. The van der Waals surface area contributed by atoms with E-state index in [0.717, 1.165) is 0 Å². The summed E-state index contributed by atoms with van der Waals surface area (Å²) in [5.74, 6) is -1.52. The second-order valence-electron chi connectivity index (χ2n) is 3.81. The van der Waals surface area contributed by atoms with E-state index in [0.29, 0.717) is 19.7 Å². The van der Waals surface area contributed by atoms with Crippen LogP contribution in [0.25, 0.3) is 0 Å². The first-order valence-corrected chi connectivity index (χ1v) is 4.89. The molecule has 1 N–H and O–H groups in total. The lowest BCUT2D eigenvalue weighted by Gasteiger charge is -2.34. The number of hydrogen-bond acceptors (Lipinski definition) is 6. The van der Waals surface area contributed by atoms with Gasteiger partial charge >= 0.3 is 11.9 Å². The number of hydrogen-bond donors (Lipinski definition) is 1. The first-order chi connectivity index (χ1) is 7.09. The van der Waals surface area contributed by atoms with Gasteiger partial charge in [-0.1, -0.05) is 0 Å². The molecule has 2 aliphatic heterocycles. The Labute approximate surface area is 86.8 Å². The number of ether oxygens (including phenoxy) is 2. The Morgan fingerprint density at radius 3 is 2.67 bits per heavy atom. The standard InChI is InChI=1S/C9H13NO5/c1-5-4-10(2-3-14-5)6-7(11)9(13)15-8(6)12/h5-7,11H,2-4H2,1H3. The van der Waals surface area contributed by atoms with Crippen molar-refractivity contribution < 1.29 is 24.2 Å². The van der Waals surface area contributed by atoms with Gasteiger partial charge in [-0.2, -0.15) is 0 Å². The van der Waals surface area contributed by atoms with Crippen LogP contribution in [-0.2, 0) is 19.1 Å². The number of carbonyl (C=O) groups excluding carboxylic acids is 2. The molecule has 0 bridgehead atoms. The molecule has 3 unspecified atom stereocenters. The van der Waals surface area contributed by atoms with Gasteiger partial charge in [-0.05, 0) is 6.92 Å². The fraction of sp³-hybridized carbons (Fsp3) is 0.778. The summed E-state index contributed by atoms with van der Waals surface area (Å²) < 4.78 is 9.67. The van der Waals surface area contributed by atoms with Gasteiger partial charge in [0.2, 0.25) is 0 Å². The van der Waals surface area contributed by atoms with E-state index in [1.807, 2.05) is 6.92 Å². The van der Waals surface area contributed by atoms with Crippen LogP contribution in [0.3, 0.4) is 0 Å². The molecule has 3 atom stereocenters. The summed E-state index contributed by atoms with van der Waals surface area (Å²) in [5, 5.41) is 9.49. The quantitative estimate of drug-likeness (QED) is 0.424. The van der Waals surface area contributed by atoms with Gasteiger partial charge in [0.15, 0.2) is 6.10 Å². The number of nitrogens with zero attached hydrogens (tertiary/aromatic N) is 1. The zero-order valence-electron chi connectivity index (χ0n) is 8.38. The smallest absolute Gasteiger partial charge is 0.344 e. The topological polar surface area (TPSA) is 76.1 Å². The molecule has 0 aromatic carbocycles. The van der Waals surface area contributed by atoms with Crippen LogP contribution in [0, 0.1) is 0 Å². The average Bonchev–Trinajstić information content (AvgIpc) is 2.41. The highest BCUT2D eigenvalue weighted by Crippen LogP contribution is 2.18. The molecule has 2 rings (SSSR count). The molecule has 2 heterocycles. The van der Waals surface area contributed by atoms with Crippen molar-refractivity contribution in [3.05, 3.63) is 0 Å². The Kier molecular flexibility index (Phi) is 2.72. The lowest BCUT2D eigenvalue weighted by atomic mass is 10.1. The van der Waals surface area contributed by atoms with Crippen LogP contribution in [0.4, 0.5) is 0 Å². The number of carbonyl (C=O) groups is 2. The second-order valence-corrected chi connectivity index (χ2v) is 3.81. The predicted octanol–water partition coefficient (Wildman–Crippen LogP) is -1.48. The van der Waals surface area contributed by atoms with Gasteiger partial charge in [0.05, 0.1) is 12.7 Å². The SMILES string of the molecule is CC1CN(C2C(=O)OC(=O)C2O)CCO1. The van der Waals surface area contributed by atoms with Gasteiger partial charge in [-0.15, -0.1) is 0 Å². The van der Waals surface area contributed by atoms with Crippen molar-refractivity contribution in [2.75, 3.05) is 19.7 Å². The fourth-order valence-corrected chi connectivity index (χ4v) is 1.92. The number of cyclic esters (lactones) is 2. The predicted molar refractivity (Wildman–Crippen MR) is 47.9 cm³/mol. The summed E-state index contributed by atoms with van der Waals surface area (Å²) in [6.07, 6.45) is -1.36. The first-order valence-electron chi connectivity index (χ1n) is 4.89. The van der Waals surface area contributed by atoms with Crippen LogP contribution in [0.5, 0.6) is 0 Å². The molecule has 6 heteroatoms. The maximum atomic E-state index is 11.3. The third kappa shape index (κ3) is 1.88. The highest BCUT2D eigenvalue weighted by Gasteiger charge is 2.47. The summed E-state index contributed by atoms with van der Waals surface area (Å²) in [7, 11) is 0. The molecule has 0 spiro atoms. The molecule has 2 saturated heterocycles. The van der Waals surface area contributed by atoms with Crippen LogP contribution in [-0.4, -0.2) is 59.9 Å². The van der Waals surface area contributed by atoms with E-state index in [1.54, 1.807) is 4.90 Å². The van der Waals surface area contributed by atoms with Crippen LogP contribution < -0.4 is 0 Å². The van der Waals surface area contributed by atoms with Gasteiger partial charge in [-0.3, -0.25) is 4.90 Å². The number of aliphatic hydroxyl groups is 1. The number of morpholine rings is 1. The van der Waals surface area contributed by atoms with Crippen molar-refractivity contribution in [1.29, 1.82) is 0 Å². The lowest BCUT2D eigenvalue weighted by molar-refractivity contribution is -0.155. The summed E-state index contributed by atoms with van der Waals surface area (Å²) in [6, 6.07) is -0.858. The van der Waals surface area contributed by atoms with E-state index in [-0.39, 0.29) is 6.10 Å². The summed E-state index contributed by atoms with van der Waals surface area (Å²) >= 11 is 0. The summed E-state index contributed by atoms with van der Waals surface area (Å²) in [6.45, 7) is 3.41. The van der Waals surface area contributed by atoms with Gasteiger partial charge in [-0.25, -0.2) is 9.59 Å². The second kappa shape index (κ2) is 3.88. The molecule has 0 aromatic heterocycles. The van der Waals surface area contributed by atoms with E-state index in [9.17, 15) is 14.7 Å². The van der Waals surface area contributed by atoms with E-state index < -0.39 is 24.1 Å². The Morgan fingerprint density at radius 1 is 1.40 bits per heavy atom. The third-order valence-corrected chi connectivity index (χ3v) is 2.65.